The molecule has 0 saturated heterocycles. The number of benzene rings is 2. The lowest BCUT2D eigenvalue weighted by Gasteiger charge is -2.13. The summed E-state index contributed by atoms with van der Waals surface area (Å²) in [6.07, 6.45) is 0. The fraction of sp³-hybridized carbons (Fsp3) is 0.333. The highest BCUT2D eigenvalue weighted by molar-refractivity contribution is 5.82. The quantitative estimate of drug-likeness (QED) is 0.822. The van der Waals surface area contributed by atoms with Crippen molar-refractivity contribution in [3.8, 4) is 0 Å². The van der Waals surface area contributed by atoms with Crippen LogP contribution in [0.5, 0.6) is 0 Å². The molecule has 2 nitrogen and oxygen atoms in total. The van der Waals surface area contributed by atoms with Crippen molar-refractivity contribution in [2.75, 3.05) is 13.6 Å². The lowest BCUT2D eigenvalue weighted by molar-refractivity contribution is 0.523. The standard InChI is InChI=1S/C15H20N2/c1-12(10-16-2)17-11-13-7-8-14-5-3-4-6-15(14)9-13/h3-9,12,16-17H,10-11H2,1-2H3. The SMILES string of the molecule is CNCC(C)NCc1ccc2ccccc2c1. The van der Waals surface area contributed by atoms with Gasteiger partial charge in [0.05, 0.1) is 0 Å². The fourth-order valence-corrected chi connectivity index (χ4v) is 2.02. The van der Waals surface area contributed by atoms with Gasteiger partial charge in [-0.05, 0) is 36.4 Å². The first kappa shape index (κ1) is 12.1. The minimum Gasteiger partial charge on any atom is -0.318 e. The van der Waals surface area contributed by atoms with Crippen molar-refractivity contribution in [3.63, 3.8) is 0 Å². The van der Waals surface area contributed by atoms with Crippen molar-refractivity contribution in [2.24, 2.45) is 0 Å². The summed E-state index contributed by atoms with van der Waals surface area (Å²) < 4.78 is 0. The molecule has 17 heavy (non-hydrogen) atoms. The van der Waals surface area contributed by atoms with E-state index < -0.39 is 0 Å². The Morgan fingerprint density at radius 2 is 1.82 bits per heavy atom. The van der Waals surface area contributed by atoms with Gasteiger partial charge in [-0.3, -0.25) is 0 Å². The van der Waals surface area contributed by atoms with Gasteiger partial charge >= 0.3 is 0 Å². The van der Waals surface area contributed by atoms with Crippen molar-refractivity contribution in [2.45, 2.75) is 19.5 Å². The van der Waals surface area contributed by atoms with Crippen LogP contribution in [0, 0.1) is 0 Å². The molecule has 2 aromatic rings. The van der Waals surface area contributed by atoms with Gasteiger partial charge in [-0.15, -0.1) is 0 Å². The summed E-state index contributed by atoms with van der Waals surface area (Å²) in [6, 6.07) is 15.6. The molecule has 1 unspecified atom stereocenters. The van der Waals surface area contributed by atoms with Crippen molar-refractivity contribution in [1.29, 1.82) is 0 Å². The molecule has 2 rings (SSSR count). The number of nitrogens with one attached hydrogen (secondary N) is 2. The van der Waals surface area contributed by atoms with Crippen molar-refractivity contribution in [3.05, 3.63) is 48.0 Å². The van der Waals surface area contributed by atoms with Gasteiger partial charge in [0.1, 0.15) is 0 Å². The maximum Gasteiger partial charge on any atom is 0.0208 e. The zero-order chi connectivity index (χ0) is 12.1. The molecule has 0 amide bonds. The number of hydrogen-bond donors (Lipinski definition) is 2. The topological polar surface area (TPSA) is 24.1 Å². The van der Waals surface area contributed by atoms with E-state index in [0.717, 1.165) is 13.1 Å². The monoisotopic (exact) mass is 228 g/mol. The second-order valence-electron chi connectivity index (χ2n) is 4.52. The summed E-state index contributed by atoms with van der Waals surface area (Å²) >= 11 is 0. The van der Waals surface area contributed by atoms with E-state index in [1.807, 2.05) is 7.05 Å². The third kappa shape index (κ3) is 3.29. The van der Waals surface area contributed by atoms with Crippen LogP contribution in [-0.2, 0) is 6.54 Å². The predicted molar refractivity (Wildman–Crippen MR) is 74.2 cm³/mol. The van der Waals surface area contributed by atoms with E-state index >= 15 is 0 Å². The summed E-state index contributed by atoms with van der Waals surface area (Å²) in [6.45, 7) is 4.11. The van der Waals surface area contributed by atoms with E-state index in [1.165, 1.54) is 16.3 Å². The zero-order valence-corrected chi connectivity index (χ0v) is 10.5. The molecule has 0 radical (unpaired) electrons. The molecule has 2 heteroatoms. The molecule has 0 aliphatic rings. The Morgan fingerprint density at radius 3 is 2.59 bits per heavy atom. The molecule has 0 aliphatic carbocycles. The molecule has 0 heterocycles. The molecule has 2 N–H and O–H groups in total. The smallest absolute Gasteiger partial charge is 0.0208 e. The summed E-state index contributed by atoms with van der Waals surface area (Å²) in [5.74, 6) is 0. The average molecular weight is 228 g/mol. The Labute approximate surface area is 103 Å². The molecule has 0 aliphatic heterocycles. The van der Waals surface area contributed by atoms with Gasteiger partial charge in [-0.1, -0.05) is 36.4 Å². The van der Waals surface area contributed by atoms with Crippen LogP contribution in [-0.4, -0.2) is 19.6 Å². The highest BCUT2D eigenvalue weighted by Crippen LogP contribution is 2.15. The van der Waals surface area contributed by atoms with Gasteiger partial charge in [0.2, 0.25) is 0 Å². The molecular weight excluding hydrogens is 208 g/mol. The van der Waals surface area contributed by atoms with Crippen LogP contribution in [0.15, 0.2) is 42.5 Å². The van der Waals surface area contributed by atoms with Gasteiger partial charge in [0.25, 0.3) is 0 Å². The van der Waals surface area contributed by atoms with Crippen LogP contribution in [0.4, 0.5) is 0 Å². The van der Waals surface area contributed by atoms with Gasteiger partial charge in [-0.2, -0.15) is 0 Å². The average Bonchev–Trinajstić information content (AvgIpc) is 2.36. The summed E-state index contributed by atoms with van der Waals surface area (Å²) in [7, 11) is 1.98. The molecule has 2 aromatic carbocycles. The maximum absolute atomic E-state index is 3.50. The van der Waals surface area contributed by atoms with Crippen LogP contribution >= 0.6 is 0 Å². The Kier molecular flexibility index (Phi) is 4.13. The molecule has 1 atom stereocenters. The van der Waals surface area contributed by atoms with Crippen molar-refractivity contribution in [1.82, 2.24) is 10.6 Å². The van der Waals surface area contributed by atoms with Crippen LogP contribution in [0.3, 0.4) is 0 Å². The molecule has 0 spiro atoms. The third-order valence-corrected chi connectivity index (χ3v) is 2.98. The van der Waals surface area contributed by atoms with E-state index in [-0.39, 0.29) is 0 Å². The number of fused-ring (bicyclic) bond motifs is 1. The summed E-state index contributed by atoms with van der Waals surface area (Å²) in [4.78, 5) is 0. The first-order valence-electron chi connectivity index (χ1n) is 6.15. The number of hydrogen-bond acceptors (Lipinski definition) is 2. The highest BCUT2D eigenvalue weighted by atomic mass is 15.0. The van der Waals surface area contributed by atoms with Gasteiger partial charge < -0.3 is 10.6 Å². The minimum atomic E-state index is 0.492. The largest absolute Gasteiger partial charge is 0.318 e. The van der Waals surface area contributed by atoms with Gasteiger partial charge in [0.15, 0.2) is 0 Å². The molecular formula is C15H20N2. The predicted octanol–water partition coefficient (Wildman–Crippen LogP) is 2.54. The molecule has 0 saturated carbocycles. The van der Waals surface area contributed by atoms with Crippen LogP contribution in [0.2, 0.25) is 0 Å². The van der Waals surface area contributed by atoms with Crippen molar-refractivity contribution >= 4 is 10.8 Å². The van der Waals surface area contributed by atoms with Crippen LogP contribution in [0.1, 0.15) is 12.5 Å². The molecule has 0 aromatic heterocycles. The Hall–Kier alpha value is -1.38. The number of rotatable bonds is 5. The second kappa shape index (κ2) is 5.80. The van der Waals surface area contributed by atoms with Crippen LogP contribution < -0.4 is 10.6 Å². The van der Waals surface area contributed by atoms with Gasteiger partial charge in [0, 0.05) is 19.1 Å². The third-order valence-electron chi connectivity index (χ3n) is 2.98. The summed E-state index contributed by atoms with van der Waals surface area (Å²) in [5.41, 5.74) is 1.34. The van der Waals surface area contributed by atoms with Crippen molar-refractivity contribution < 1.29 is 0 Å². The maximum atomic E-state index is 3.50. The number of likely N-dealkylation sites (N-methyl/N-ethyl adjacent to an activating group) is 1. The minimum absolute atomic E-state index is 0.492. The van der Waals surface area contributed by atoms with Gasteiger partial charge in [-0.25, -0.2) is 0 Å². The van der Waals surface area contributed by atoms with E-state index in [1.54, 1.807) is 0 Å². The first-order valence-corrected chi connectivity index (χ1v) is 6.15. The zero-order valence-electron chi connectivity index (χ0n) is 10.5. The first-order chi connectivity index (χ1) is 8.29. The Balaban J connectivity index is 2.04. The lowest BCUT2D eigenvalue weighted by Crippen LogP contribution is -2.34. The Morgan fingerprint density at radius 1 is 1.06 bits per heavy atom. The normalized spacial score (nSPS) is 12.8. The molecule has 0 fully saturated rings. The van der Waals surface area contributed by atoms with E-state index in [2.05, 4.69) is 60.0 Å². The fourth-order valence-electron chi connectivity index (χ4n) is 2.02. The molecule has 90 valence electrons. The second-order valence-corrected chi connectivity index (χ2v) is 4.52. The van der Waals surface area contributed by atoms with E-state index in [9.17, 15) is 0 Å². The molecule has 0 bridgehead atoms. The van der Waals surface area contributed by atoms with E-state index in [4.69, 9.17) is 0 Å². The van der Waals surface area contributed by atoms with Crippen LogP contribution in [0.25, 0.3) is 10.8 Å². The van der Waals surface area contributed by atoms with E-state index in [0.29, 0.717) is 6.04 Å². The Bertz CT molecular complexity index is 479. The lowest BCUT2D eigenvalue weighted by atomic mass is 10.1. The summed E-state index contributed by atoms with van der Waals surface area (Å²) in [5, 5.41) is 9.29. The highest BCUT2D eigenvalue weighted by Gasteiger charge is 2.00.